The van der Waals surface area contributed by atoms with Crippen molar-refractivity contribution < 1.29 is 0 Å². The van der Waals surface area contributed by atoms with Crippen molar-refractivity contribution in [2.45, 2.75) is 19.3 Å². The maximum absolute atomic E-state index is 2.52. The average Bonchev–Trinajstić information content (AvgIpc) is 3.24. The van der Waals surface area contributed by atoms with E-state index in [0.717, 1.165) is 11.4 Å². The molecule has 2 heterocycles. The van der Waals surface area contributed by atoms with Crippen molar-refractivity contribution in [3.8, 4) is 22.3 Å². The molecule has 256 valence electrons. The Kier molecular flexibility index (Phi) is 7.62. The van der Waals surface area contributed by atoms with Crippen LogP contribution < -0.4 is 26.2 Å². The normalized spacial score (nSPS) is 12.9. The standard InChI is InChI=1S/C51H39BN2/c1-51(2,40-24-10-5-11-25-40)41-34-48-50-49(35-41)54(43-27-17-23-39(33-43)37-20-8-4-9-21-37)47-31-15-13-29-45(47)52(50)44-28-12-14-30-46(44)53(48)42-26-16-22-38(32-42)36-18-6-3-7-19-36/h3-35H,1-2H3. The fourth-order valence-corrected chi connectivity index (χ4v) is 8.75. The lowest BCUT2D eigenvalue weighted by Gasteiger charge is -2.45. The largest absolute Gasteiger partial charge is 0.311 e. The van der Waals surface area contributed by atoms with E-state index in [1.807, 2.05) is 0 Å². The number of para-hydroxylation sites is 2. The summed E-state index contributed by atoms with van der Waals surface area (Å²) < 4.78 is 0. The van der Waals surface area contributed by atoms with E-state index in [1.165, 1.54) is 72.5 Å². The van der Waals surface area contributed by atoms with Gasteiger partial charge in [-0.05, 0) is 98.3 Å². The van der Waals surface area contributed by atoms with Gasteiger partial charge in [0.15, 0.2) is 0 Å². The molecule has 0 amide bonds. The SMILES string of the molecule is CC(C)(c1ccccc1)c1cc2c3c(c1)N(c1cccc(-c4ccccc4)c1)c1ccccc1B3c1ccccc1N2c1cccc(-c2ccccc2)c1. The zero-order valence-electron chi connectivity index (χ0n) is 30.5. The van der Waals surface area contributed by atoms with Gasteiger partial charge in [0.2, 0.25) is 0 Å². The second-order valence-corrected chi connectivity index (χ2v) is 15.0. The van der Waals surface area contributed by atoms with Gasteiger partial charge >= 0.3 is 0 Å². The molecule has 0 bridgehead atoms. The molecule has 0 fully saturated rings. The molecule has 0 spiro atoms. The fraction of sp³-hybridized carbons (Fsp3) is 0.0588. The molecule has 0 aromatic heterocycles. The first-order valence-corrected chi connectivity index (χ1v) is 18.9. The fourth-order valence-electron chi connectivity index (χ4n) is 8.75. The highest BCUT2D eigenvalue weighted by atomic mass is 15.2. The van der Waals surface area contributed by atoms with E-state index in [1.54, 1.807) is 0 Å². The van der Waals surface area contributed by atoms with Gasteiger partial charge in [-0.25, -0.2) is 0 Å². The summed E-state index contributed by atoms with van der Waals surface area (Å²) in [5.74, 6) is 0. The summed E-state index contributed by atoms with van der Waals surface area (Å²) >= 11 is 0. The summed E-state index contributed by atoms with van der Waals surface area (Å²) in [5, 5.41) is 0. The van der Waals surface area contributed by atoms with Crippen LogP contribution in [0.3, 0.4) is 0 Å². The van der Waals surface area contributed by atoms with Crippen LogP contribution in [-0.4, -0.2) is 6.71 Å². The summed E-state index contributed by atoms with van der Waals surface area (Å²) in [4.78, 5) is 5.04. The molecule has 0 unspecified atom stereocenters. The minimum Gasteiger partial charge on any atom is -0.311 e. The van der Waals surface area contributed by atoms with E-state index in [2.05, 4.69) is 224 Å². The molecule has 54 heavy (non-hydrogen) atoms. The Hall–Kier alpha value is -6.58. The Morgan fingerprint density at radius 2 is 0.759 bits per heavy atom. The first-order valence-electron chi connectivity index (χ1n) is 18.9. The summed E-state index contributed by atoms with van der Waals surface area (Å²) in [6.07, 6.45) is 0. The molecule has 2 aliphatic rings. The summed E-state index contributed by atoms with van der Waals surface area (Å²) in [6, 6.07) is 73.5. The number of fused-ring (bicyclic) bond motifs is 4. The highest BCUT2D eigenvalue weighted by Gasteiger charge is 2.44. The van der Waals surface area contributed by atoms with Crippen LogP contribution >= 0.6 is 0 Å². The molecule has 0 saturated heterocycles. The van der Waals surface area contributed by atoms with E-state index in [9.17, 15) is 0 Å². The first-order chi connectivity index (χ1) is 26.6. The molecule has 2 nitrogen and oxygen atoms in total. The maximum atomic E-state index is 2.52. The minimum absolute atomic E-state index is 0.0680. The number of benzene rings is 8. The number of anilines is 6. The van der Waals surface area contributed by atoms with Crippen LogP contribution in [0.4, 0.5) is 34.1 Å². The predicted molar refractivity (Wildman–Crippen MR) is 230 cm³/mol. The van der Waals surface area contributed by atoms with Crippen molar-refractivity contribution in [2.75, 3.05) is 9.80 Å². The number of nitrogens with zero attached hydrogens (tertiary/aromatic N) is 2. The summed E-state index contributed by atoms with van der Waals surface area (Å²) in [7, 11) is 0. The highest BCUT2D eigenvalue weighted by Crippen LogP contribution is 2.47. The van der Waals surface area contributed by atoms with Crippen molar-refractivity contribution in [1.29, 1.82) is 0 Å². The Bertz CT molecular complexity index is 2490. The monoisotopic (exact) mass is 690 g/mol. The third kappa shape index (κ3) is 5.19. The van der Waals surface area contributed by atoms with Crippen LogP contribution in [0.15, 0.2) is 200 Å². The van der Waals surface area contributed by atoms with E-state index < -0.39 is 0 Å². The van der Waals surface area contributed by atoms with Gasteiger partial charge in [-0.2, -0.15) is 0 Å². The highest BCUT2D eigenvalue weighted by molar-refractivity contribution is 7.00. The molecule has 0 aliphatic carbocycles. The molecule has 8 aromatic rings. The zero-order chi connectivity index (χ0) is 36.2. The minimum atomic E-state index is -0.272. The third-order valence-electron chi connectivity index (χ3n) is 11.5. The van der Waals surface area contributed by atoms with Gasteiger partial charge in [0.25, 0.3) is 6.71 Å². The maximum Gasteiger partial charge on any atom is 0.252 e. The number of hydrogen-bond acceptors (Lipinski definition) is 2. The summed E-state index contributed by atoms with van der Waals surface area (Å²) in [6.45, 7) is 4.80. The molecule has 0 saturated carbocycles. The molecule has 3 heteroatoms. The third-order valence-corrected chi connectivity index (χ3v) is 11.5. The molecule has 0 atom stereocenters. The molecule has 0 radical (unpaired) electrons. The van der Waals surface area contributed by atoms with Crippen LogP contribution in [-0.2, 0) is 5.41 Å². The second kappa shape index (κ2) is 12.8. The van der Waals surface area contributed by atoms with Gasteiger partial charge in [0, 0.05) is 39.5 Å². The van der Waals surface area contributed by atoms with Crippen molar-refractivity contribution >= 4 is 57.2 Å². The van der Waals surface area contributed by atoms with Crippen LogP contribution in [0.5, 0.6) is 0 Å². The molecule has 10 rings (SSSR count). The smallest absolute Gasteiger partial charge is 0.252 e. The lowest BCUT2D eigenvalue weighted by molar-refractivity contribution is 0.641. The zero-order valence-corrected chi connectivity index (χ0v) is 30.5. The van der Waals surface area contributed by atoms with Crippen molar-refractivity contribution in [3.05, 3.63) is 211 Å². The molecular formula is C51H39BN2. The Morgan fingerprint density at radius 1 is 0.352 bits per heavy atom. The van der Waals surface area contributed by atoms with E-state index in [4.69, 9.17) is 0 Å². The van der Waals surface area contributed by atoms with Crippen molar-refractivity contribution in [2.24, 2.45) is 0 Å². The van der Waals surface area contributed by atoms with E-state index >= 15 is 0 Å². The second-order valence-electron chi connectivity index (χ2n) is 15.0. The van der Waals surface area contributed by atoms with Gasteiger partial charge < -0.3 is 9.80 Å². The Balaban J connectivity index is 1.28. The predicted octanol–water partition coefficient (Wildman–Crippen LogP) is 11.4. The molecule has 8 aromatic carbocycles. The van der Waals surface area contributed by atoms with E-state index in [0.29, 0.717) is 0 Å². The number of rotatable bonds is 6. The van der Waals surface area contributed by atoms with Gasteiger partial charge in [0.05, 0.1) is 0 Å². The Labute approximate surface area is 318 Å². The molecule has 2 aliphatic heterocycles. The summed E-state index contributed by atoms with van der Waals surface area (Å²) in [5.41, 5.74) is 18.2. The van der Waals surface area contributed by atoms with Crippen LogP contribution in [0.2, 0.25) is 0 Å². The van der Waals surface area contributed by atoms with Crippen LogP contribution in [0.25, 0.3) is 22.3 Å². The first kappa shape index (κ1) is 32.1. The molecular weight excluding hydrogens is 651 g/mol. The van der Waals surface area contributed by atoms with Gasteiger partial charge in [-0.3, -0.25) is 0 Å². The van der Waals surface area contributed by atoms with E-state index in [-0.39, 0.29) is 12.1 Å². The van der Waals surface area contributed by atoms with Gasteiger partial charge in [-0.15, -0.1) is 0 Å². The number of hydrogen-bond donors (Lipinski definition) is 0. The quantitative estimate of drug-likeness (QED) is 0.160. The van der Waals surface area contributed by atoms with Gasteiger partial charge in [-0.1, -0.05) is 166 Å². The van der Waals surface area contributed by atoms with Crippen molar-refractivity contribution in [1.82, 2.24) is 0 Å². The topological polar surface area (TPSA) is 6.48 Å². The lowest BCUT2D eigenvalue weighted by atomic mass is 9.33. The van der Waals surface area contributed by atoms with Gasteiger partial charge in [0.1, 0.15) is 0 Å². The lowest BCUT2D eigenvalue weighted by Crippen LogP contribution is -2.61. The Morgan fingerprint density at radius 3 is 1.24 bits per heavy atom. The average molecular weight is 691 g/mol. The molecule has 0 N–H and O–H groups in total. The van der Waals surface area contributed by atoms with Crippen LogP contribution in [0.1, 0.15) is 25.0 Å². The van der Waals surface area contributed by atoms with Crippen LogP contribution in [0, 0.1) is 0 Å². The van der Waals surface area contributed by atoms with Crippen molar-refractivity contribution in [3.63, 3.8) is 0 Å².